The molecule has 108 valence electrons. The van der Waals surface area contributed by atoms with E-state index in [1.807, 2.05) is 6.07 Å². The third-order valence-electron chi connectivity index (χ3n) is 3.46. The third-order valence-corrected chi connectivity index (χ3v) is 3.46. The summed E-state index contributed by atoms with van der Waals surface area (Å²) in [5.41, 5.74) is 0.716. The van der Waals surface area contributed by atoms with Gasteiger partial charge in [0.15, 0.2) is 0 Å². The summed E-state index contributed by atoms with van der Waals surface area (Å²) in [6.07, 6.45) is -3.56. The number of likely N-dealkylation sites (tertiary alicyclic amines) is 1. The summed E-state index contributed by atoms with van der Waals surface area (Å²) in [5, 5.41) is 8.76. The molecule has 1 unspecified atom stereocenters. The maximum Gasteiger partial charge on any atom is 0.393 e. The van der Waals surface area contributed by atoms with Crippen molar-refractivity contribution in [1.29, 1.82) is 5.26 Å². The van der Waals surface area contributed by atoms with Crippen molar-refractivity contribution in [3.8, 4) is 6.07 Å². The van der Waals surface area contributed by atoms with E-state index in [0.717, 1.165) is 6.07 Å². The summed E-state index contributed by atoms with van der Waals surface area (Å²) >= 11 is 0. The molecule has 0 aromatic heterocycles. The number of nitrogens with zero attached hydrogens (tertiary/aromatic N) is 2. The lowest BCUT2D eigenvalue weighted by Crippen LogP contribution is -2.41. The van der Waals surface area contributed by atoms with E-state index in [-0.39, 0.29) is 25.1 Å². The number of hydrogen-bond donors (Lipinski definition) is 0. The monoisotopic (exact) mass is 286 g/mol. The van der Waals surface area contributed by atoms with Gasteiger partial charge in [-0.1, -0.05) is 0 Å². The fourth-order valence-electron chi connectivity index (χ4n) is 2.53. The Hall–Kier alpha value is -1.61. The van der Waals surface area contributed by atoms with Crippen LogP contribution in [0.2, 0.25) is 0 Å². The second-order valence-corrected chi connectivity index (χ2v) is 5.08. The molecule has 1 saturated heterocycles. The number of piperidine rings is 1. The molecule has 20 heavy (non-hydrogen) atoms. The predicted octanol–water partition coefficient (Wildman–Crippen LogP) is 3.47. The Morgan fingerprint density at radius 1 is 1.30 bits per heavy atom. The third kappa shape index (κ3) is 3.70. The normalized spacial score (nSPS) is 20.6. The van der Waals surface area contributed by atoms with Crippen molar-refractivity contribution in [2.45, 2.75) is 25.6 Å². The van der Waals surface area contributed by atoms with Crippen molar-refractivity contribution in [2.75, 3.05) is 13.1 Å². The molecule has 6 heteroatoms. The van der Waals surface area contributed by atoms with Crippen molar-refractivity contribution in [1.82, 2.24) is 4.90 Å². The predicted molar refractivity (Wildman–Crippen MR) is 65.2 cm³/mol. The highest BCUT2D eigenvalue weighted by molar-refractivity contribution is 5.33. The van der Waals surface area contributed by atoms with Crippen molar-refractivity contribution in [3.63, 3.8) is 0 Å². The summed E-state index contributed by atoms with van der Waals surface area (Å²) in [4.78, 5) is 1.66. The van der Waals surface area contributed by atoms with Crippen LogP contribution in [-0.2, 0) is 6.54 Å². The SMILES string of the molecule is N#Cc1cc(F)cc(CN2CCCC(C(F)(F)F)C2)c1. The molecule has 1 aromatic rings. The van der Waals surface area contributed by atoms with E-state index in [9.17, 15) is 17.6 Å². The highest BCUT2D eigenvalue weighted by Crippen LogP contribution is 2.33. The number of benzene rings is 1. The van der Waals surface area contributed by atoms with Crippen molar-refractivity contribution >= 4 is 0 Å². The van der Waals surface area contributed by atoms with E-state index in [4.69, 9.17) is 5.26 Å². The molecule has 0 spiro atoms. The molecule has 1 aliphatic rings. The molecule has 1 atom stereocenters. The number of halogens is 4. The van der Waals surface area contributed by atoms with E-state index >= 15 is 0 Å². The molecule has 0 bridgehead atoms. The minimum absolute atomic E-state index is 0.0676. The van der Waals surface area contributed by atoms with E-state index in [2.05, 4.69) is 0 Å². The molecule has 1 aliphatic heterocycles. The average molecular weight is 286 g/mol. The quantitative estimate of drug-likeness (QED) is 0.778. The molecule has 1 heterocycles. The second-order valence-electron chi connectivity index (χ2n) is 5.08. The number of rotatable bonds is 2. The molecule has 1 aromatic carbocycles. The molecule has 0 N–H and O–H groups in total. The maximum atomic E-state index is 13.3. The molecular formula is C14H14F4N2. The molecule has 0 radical (unpaired) electrons. The van der Waals surface area contributed by atoms with Crippen molar-refractivity contribution in [2.24, 2.45) is 5.92 Å². The zero-order valence-corrected chi connectivity index (χ0v) is 10.8. The highest BCUT2D eigenvalue weighted by atomic mass is 19.4. The van der Waals surface area contributed by atoms with Crippen LogP contribution in [0.3, 0.4) is 0 Å². The lowest BCUT2D eigenvalue weighted by atomic mass is 9.97. The fraction of sp³-hybridized carbons (Fsp3) is 0.500. The van der Waals surface area contributed by atoms with Crippen LogP contribution in [0, 0.1) is 23.1 Å². The first kappa shape index (κ1) is 14.8. The van der Waals surface area contributed by atoms with Gasteiger partial charge in [0.1, 0.15) is 5.82 Å². The lowest BCUT2D eigenvalue weighted by molar-refractivity contribution is -0.187. The van der Waals surface area contributed by atoms with Crippen molar-refractivity contribution in [3.05, 3.63) is 35.1 Å². The van der Waals surface area contributed by atoms with E-state index in [0.29, 0.717) is 18.5 Å². The van der Waals surface area contributed by atoms with Gasteiger partial charge in [-0.15, -0.1) is 0 Å². The van der Waals surface area contributed by atoms with Crippen LogP contribution in [0.4, 0.5) is 17.6 Å². The van der Waals surface area contributed by atoms with Crippen LogP contribution in [0.25, 0.3) is 0 Å². The van der Waals surface area contributed by atoms with Crippen LogP contribution >= 0.6 is 0 Å². The molecule has 2 rings (SSSR count). The van der Waals surface area contributed by atoms with Crippen LogP contribution in [-0.4, -0.2) is 24.2 Å². The second kappa shape index (κ2) is 5.80. The van der Waals surface area contributed by atoms with E-state index in [1.165, 1.54) is 12.1 Å². The Labute approximate surface area is 114 Å². The zero-order valence-electron chi connectivity index (χ0n) is 10.8. The molecular weight excluding hydrogens is 272 g/mol. The van der Waals surface area contributed by atoms with Gasteiger partial charge in [0.25, 0.3) is 0 Å². The molecule has 1 fully saturated rings. The maximum absolute atomic E-state index is 13.3. The Balaban J connectivity index is 2.07. The molecule has 0 saturated carbocycles. The Morgan fingerprint density at radius 2 is 2.05 bits per heavy atom. The molecule has 0 aliphatic carbocycles. The van der Waals surface area contributed by atoms with Gasteiger partial charge in [-0.05, 0) is 43.1 Å². The van der Waals surface area contributed by atoms with Gasteiger partial charge in [0.05, 0.1) is 17.6 Å². The first-order chi connectivity index (χ1) is 9.38. The van der Waals surface area contributed by atoms with Gasteiger partial charge in [-0.2, -0.15) is 18.4 Å². The summed E-state index contributed by atoms with van der Waals surface area (Å²) < 4.78 is 51.4. The smallest absolute Gasteiger partial charge is 0.298 e. The van der Waals surface area contributed by atoms with Crippen LogP contribution in [0.1, 0.15) is 24.0 Å². The average Bonchev–Trinajstić information content (AvgIpc) is 2.37. The van der Waals surface area contributed by atoms with Gasteiger partial charge in [-0.3, -0.25) is 4.90 Å². The molecule has 0 amide bonds. The van der Waals surface area contributed by atoms with E-state index < -0.39 is 17.9 Å². The van der Waals surface area contributed by atoms with Crippen LogP contribution < -0.4 is 0 Å². The minimum Gasteiger partial charge on any atom is -0.298 e. The number of nitriles is 1. The van der Waals surface area contributed by atoms with Gasteiger partial charge >= 0.3 is 6.18 Å². The summed E-state index contributed by atoms with van der Waals surface area (Å²) in [6, 6.07) is 5.73. The Kier molecular flexibility index (Phi) is 4.29. The largest absolute Gasteiger partial charge is 0.393 e. The summed E-state index contributed by atoms with van der Waals surface area (Å²) in [7, 11) is 0. The van der Waals surface area contributed by atoms with Gasteiger partial charge < -0.3 is 0 Å². The summed E-state index contributed by atoms with van der Waals surface area (Å²) in [5.74, 6) is -1.86. The standard InChI is InChI=1S/C14H14F4N2/c15-13-5-10(7-19)4-11(6-13)8-20-3-1-2-12(9-20)14(16,17)18/h4-6,12H,1-3,8-9H2. The van der Waals surface area contributed by atoms with Gasteiger partial charge in [0.2, 0.25) is 0 Å². The Bertz CT molecular complexity index is 519. The first-order valence-electron chi connectivity index (χ1n) is 6.37. The van der Waals surface area contributed by atoms with Crippen LogP contribution in [0.5, 0.6) is 0 Å². The number of hydrogen-bond acceptors (Lipinski definition) is 2. The highest BCUT2D eigenvalue weighted by Gasteiger charge is 2.41. The van der Waals surface area contributed by atoms with Crippen molar-refractivity contribution < 1.29 is 17.6 Å². The van der Waals surface area contributed by atoms with E-state index in [1.54, 1.807) is 4.90 Å². The lowest BCUT2D eigenvalue weighted by Gasteiger charge is -2.33. The summed E-state index contributed by atoms with van der Waals surface area (Å²) in [6.45, 7) is 0.728. The van der Waals surface area contributed by atoms with Gasteiger partial charge in [0, 0.05) is 13.1 Å². The van der Waals surface area contributed by atoms with Gasteiger partial charge in [-0.25, -0.2) is 4.39 Å². The first-order valence-corrected chi connectivity index (χ1v) is 6.37. The molecule has 2 nitrogen and oxygen atoms in total. The topological polar surface area (TPSA) is 27.0 Å². The van der Waals surface area contributed by atoms with Crippen LogP contribution in [0.15, 0.2) is 18.2 Å². The Morgan fingerprint density at radius 3 is 2.70 bits per heavy atom. The number of alkyl halides is 3. The zero-order chi connectivity index (χ0) is 14.8. The fourth-order valence-corrected chi connectivity index (χ4v) is 2.53. The minimum atomic E-state index is -4.18.